The van der Waals surface area contributed by atoms with Crippen molar-refractivity contribution in [2.24, 2.45) is 5.84 Å². The summed E-state index contributed by atoms with van der Waals surface area (Å²) in [5.41, 5.74) is 2.33. The van der Waals surface area contributed by atoms with Crippen LogP contribution in [0.2, 0.25) is 0 Å². The van der Waals surface area contributed by atoms with Gasteiger partial charge in [0.25, 0.3) is 0 Å². The molecule has 0 aliphatic carbocycles. The molecule has 3 N–H and O–H groups in total. The lowest BCUT2D eigenvalue weighted by Crippen LogP contribution is -2.26. The smallest absolute Gasteiger partial charge is 0.139 e. The molecule has 58 valence electrons. The number of rotatable bonds is 2. The van der Waals surface area contributed by atoms with Crippen molar-refractivity contribution in [2.45, 2.75) is 6.04 Å². The predicted octanol–water partition coefficient (Wildman–Crippen LogP) is 1.02. The van der Waals surface area contributed by atoms with Gasteiger partial charge in [0.05, 0.1) is 4.88 Å². The summed E-state index contributed by atoms with van der Waals surface area (Å²) in [6.45, 7) is 0. The maximum Gasteiger partial charge on any atom is 0.139 e. The van der Waals surface area contributed by atoms with Crippen LogP contribution >= 0.6 is 11.3 Å². The molecule has 0 aliphatic heterocycles. The molecule has 1 aromatic rings. The maximum absolute atomic E-state index is 12.8. The number of nitrogens with two attached hydrogens (primary N) is 1. The number of hydrogen-bond donors (Lipinski definition) is 2. The Kier molecular flexibility index (Phi) is 2.60. The molecule has 4 heteroatoms. The van der Waals surface area contributed by atoms with Crippen molar-refractivity contribution in [3.05, 3.63) is 22.1 Å². The van der Waals surface area contributed by atoms with E-state index in [1.54, 1.807) is 5.38 Å². The SMILES string of the molecule is C#CC(NN)c1sccc1F. The largest absolute Gasteiger partial charge is 0.270 e. The highest BCUT2D eigenvalue weighted by Crippen LogP contribution is 2.21. The Morgan fingerprint density at radius 2 is 2.55 bits per heavy atom. The average Bonchev–Trinajstić information content (AvgIpc) is 2.40. The van der Waals surface area contributed by atoms with Crippen molar-refractivity contribution in [2.75, 3.05) is 0 Å². The molecule has 1 aromatic heterocycles. The Bertz CT molecular complexity index is 276. The van der Waals surface area contributed by atoms with Crippen LogP contribution in [0.1, 0.15) is 10.9 Å². The van der Waals surface area contributed by atoms with E-state index in [9.17, 15) is 4.39 Å². The molecule has 0 saturated heterocycles. The molecular weight excluding hydrogens is 163 g/mol. The third kappa shape index (κ3) is 1.57. The quantitative estimate of drug-likeness (QED) is 0.395. The molecule has 1 heterocycles. The van der Waals surface area contributed by atoms with Gasteiger partial charge in [-0.1, -0.05) is 5.92 Å². The van der Waals surface area contributed by atoms with Gasteiger partial charge in [0, 0.05) is 0 Å². The fourth-order valence-electron chi connectivity index (χ4n) is 0.711. The summed E-state index contributed by atoms with van der Waals surface area (Å²) < 4.78 is 12.8. The normalized spacial score (nSPS) is 12.5. The first-order valence-electron chi connectivity index (χ1n) is 2.94. The lowest BCUT2D eigenvalue weighted by atomic mass is 10.2. The molecule has 0 spiro atoms. The summed E-state index contributed by atoms with van der Waals surface area (Å²) in [4.78, 5) is 0.454. The van der Waals surface area contributed by atoms with Gasteiger partial charge in [-0.15, -0.1) is 17.8 Å². The molecule has 2 nitrogen and oxygen atoms in total. The summed E-state index contributed by atoms with van der Waals surface area (Å²) in [7, 11) is 0. The van der Waals surface area contributed by atoms with Crippen LogP contribution in [0.15, 0.2) is 11.4 Å². The van der Waals surface area contributed by atoms with E-state index in [0.717, 1.165) is 0 Å². The Hall–Kier alpha value is -0.890. The van der Waals surface area contributed by atoms with Crippen molar-refractivity contribution >= 4 is 11.3 Å². The Morgan fingerprint density at radius 1 is 1.82 bits per heavy atom. The summed E-state index contributed by atoms with van der Waals surface area (Å²) in [5.74, 6) is 7.11. The van der Waals surface area contributed by atoms with E-state index in [1.165, 1.54) is 17.4 Å². The van der Waals surface area contributed by atoms with Gasteiger partial charge in [-0.05, 0) is 11.4 Å². The van der Waals surface area contributed by atoms with Crippen LogP contribution in [-0.2, 0) is 0 Å². The molecule has 1 unspecified atom stereocenters. The van der Waals surface area contributed by atoms with E-state index in [1.807, 2.05) is 0 Å². The van der Waals surface area contributed by atoms with E-state index >= 15 is 0 Å². The molecule has 0 fully saturated rings. The minimum absolute atomic E-state index is 0.309. The van der Waals surface area contributed by atoms with Gasteiger partial charge in [-0.3, -0.25) is 5.84 Å². The second kappa shape index (κ2) is 3.49. The van der Waals surface area contributed by atoms with Crippen LogP contribution in [0.25, 0.3) is 0 Å². The third-order valence-electron chi connectivity index (χ3n) is 1.24. The second-order valence-electron chi connectivity index (χ2n) is 1.90. The Labute approximate surface area is 68.2 Å². The van der Waals surface area contributed by atoms with Crippen molar-refractivity contribution < 1.29 is 4.39 Å². The monoisotopic (exact) mass is 170 g/mol. The van der Waals surface area contributed by atoms with Gasteiger partial charge < -0.3 is 0 Å². The number of hydrazine groups is 1. The fraction of sp³-hybridized carbons (Fsp3) is 0.143. The summed E-state index contributed by atoms with van der Waals surface area (Å²) >= 11 is 1.25. The van der Waals surface area contributed by atoms with Crippen molar-refractivity contribution in [3.8, 4) is 12.3 Å². The first kappa shape index (κ1) is 8.21. The lowest BCUT2D eigenvalue weighted by Gasteiger charge is -2.05. The number of hydrogen-bond acceptors (Lipinski definition) is 3. The number of thiophene rings is 1. The van der Waals surface area contributed by atoms with Crippen LogP contribution in [0.4, 0.5) is 4.39 Å². The zero-order chi connectivity index (χ0) is 8.27. The van der Waals surface area contributed by atoms with E-state index in [2.05, 4.69) is 11.3 Å². The van der Waals surface area contributed by atoms with Crippen LogP contribution in [0.3, 0.4) is 0 Å². The van der Waals surface area contributed by atoms with Gasteiger partial charge in [0.15, 0.2) is 0 Å². The highest BCUT2D eigenvalue weighted by atomic mass is 32.1. The Morgan fingerprint density at radius 3 is 2.91 bits per heavy atom. The van der Waals surface area contributed by atoms with E-state index < -0.39 is 6.04 Å². The molecule has 11 heavy (non-hydrogen) atoms. The molecule has 0 radical (unpaired) electrons. The molecule has 0 aliphatic rings. The minimum Gasteiger partial charge on any atom is -0.270 e. The van der Waals surface area contributed by atoms with Crippen LogP contribution in [0.5, 0.6) is 0 Å². The van der Waals surface area contributed by atoms with Crippen molar-refractivity contribution in [1.29, 1.82) is 0 Å². The molecule has 1 rings (SSSR count). The first-order valence-corrected chi connectivity index (χ1v) is 3.82. The van der Waals surface area contributed by atoms with Gasteiger partial charge >= 0.3 is 0 Å². The average molecular weight is 170 g/mol. The number of nitrogens with one attached hydrogen (secondary N) is 1. The van der Waals surface area contributed by atoms with Crippen molar-refractivity contribution in [1.82, 2.24) is 5.43 Å². The minimum atomic E-state index is -0.519. The topological polar surface area (TPSA) is 38.0 Å². The van der Waals surface area contributed by atoms with E-state index in [4.69, 9.17) is 12.3 Å². The molecule has 0 bridgehead atoms. The number of terminal acetylenes is 1. The molecule has 0 amide bonds. The summed E-state index contributed by atoms with van der Waals surface area (Å²) in [6, 6.07) is 0.844. The molecular formula is C7H7FN2S. The van der Waals surface area contributed by atoms with Crippen LogP contribution < -0.4 is 11.3 Å². The number of halogens is 1. The molecule has 0 aromatic carbocycles. The van der Waals surface area contributed by atoms with Crippen molar-refractivity contribution in [3.63, 3.8) is 0 Å². The molecule has 1 atom stereocenters. The Balaban J connectivity index is 2.92. The second-order valence-corrected chi connectivity index (χ2v) is 2.85. The van der Waals surface area contributed by atoms with E-state index in [0.29, 0.717) is 4.88 Å². The zero-order valence-corrected chi connectivity index (χ0v) is 6.49. The standard InChI is InChI=1S/C7H7FN2S/c1-2-6(10-9)7-5(8)3-4-11-7/h1,3-4,6,10H,9H2. The van der Waals surface area contributed by atoms with Crippen LogP contribution in [0, 0.1) is 18.2 Å². The van der Waals surface area contributed by atoms with E-state index in [-0.39, 0.29) is 5.82 Å². The fourth-order valence-corrected chi connectivity index (χ4v) is 1.50. The zero-order valence-electron chi connectivity index (χ0n) is 5.67. The van der Waals surface area contributed by atoms with Gasteiger partial charge in [-0.2, -0.15) is 0 Å². The third-order valence-corrected chi connectivity index (χ3v) is 2.20. The van der Waals surface area contributed by atoms with Gasteiger partial charge in [0.2, 0.25) is 0 Å². The highest BCUT2D eigenvalue weighted by Gasteiger charge is 2.11. The molecule has 0 saturated carbocycles. The van der Waals surface area contributed by atoms with Crippen LogP contribution in [-0.4, -0.2) is 0 Å². The lowest BCUT2D eigenvalue weighted by molar-refractivity contribution is 0.587. The van der Waals surface area contributed by atoms with Gasteiger partial charge in [-0.25, -0.2) is 9.82 Å². The maximum atomic E-state index is 12.8. The predicted molar refractivity (Wildman–Crippen MR) is 43.2 cm³/mol. The van der Waals surface area contributed by atoms with Gasteiger partial charge in [0.1, 0.15) is 11.9 Å². The summed E-state index contributed by atoms with van der Waals surface area (Å²) in [5, 5.41) is 1.63. The highest BCUT2D eigenvalue weighted by molar-refractivity contribution is 7.10. The first-order chi connectivity index (χ1) is 5.29. The summed E-state index contributed by atoms with van der Waals surface area (Å²) in [6.07, 6.45) is 5.09.